The van der Waals surface area contributed by atoms with Gasteiger partial charge >= 0.3 is 0 Å². The summed E-state index contributed by atoms with van der Waals surface area (Å²) in [6.45, 7) is 0. The van der Waals surface area contributed by atoms with E-state index in [0.29, 0.717) is 5.56 Å². The van der Waals surface area contributed by atoms with Crippen molar-refractivity contribution in [2.45, 2.75) is 0 Å². The van der Waals surface area contributed by atoms with Gasteiger partial charge in [0.25, 0.3) is 0 Å². The fourth-order valence-electron chi connectivity index (χ4n) is 5.82. The summed E-state index contributed by atoms with van der Waals surface area (Å²) in [5, 5.41) is 4.16. The van der Waals surface area contributed by atoms with Crippen LogP contribution >= 0.6 is 11.3 Å². The summed E-state index contributed by atoms with van der Waals surface area (Å²) in [6, 6.07) is 44.5. The third-order valence-electron chi connectivity index (χ3n) is 7.73. The molecule has 1 aromatic heterocycles. The smallest absolute Gasteiger partial charge is 0.0629 e. The molecule has 0 bridgehead atoms. The van der Waals surface area contributed by atoms with Crippen LogP contribution < -0.4 is 4.90 Å². The van der Waals surface area contributed by atoms with E-state index in [0.717, 1.165) is 48.0 Å². The van der Waals surface area contributed by atoms with Crippen molar-refractivity contribution in [3.8, 4) is 22.3 Å². The molecule has 1 heterocycles. The average molecular weight is 559 g/mol. The van der Waals surface area contributed by atoms with E-state index in [2.05, 4.69) is 95.9 Å². The molecule has 0 aliphatic heterocycles. The van der Waals surface area contributed by atoms with Crippen molar-refractivity contribution in [2.75, 3.05) is 4.90 Å². The van der Waals surface area contributed by atoms with E-state index in [1.54, 1.807) is 11.3 Å². The second kappa shape index (κ2) is 10.3. The van der Waals surface area contributed by atoms with Gasteiger partial charge in [-0.3, -0.25) is 0 Å². The Morgan fingerprint density at radius 3 is 2.10 bits per heavy atom. The lowest BCUT2D eigenvalue weighted by atomic mass is 9.99. The Hall–Kier alpha value is -5.18. The minimum atomic E-state index is -0.388. The predicted molar refractivity (Wildman–Crippen MR) is 182 cm³/mol. The molecule has 0 unspecified atom stereocenters. The average Bonchev–Trinajstić information content (AvgIpc) is 3.49. The molecule has 198 valence electrons. The summed E-state index contributed by atoms with van der Waals surface area (Å²) in [7, 11) is 0. The van der Waals surface area contributed by atoms with E-state index >= 15 is 0 Å². The molecule has 1 nitrogen and oxygen atoms in total. The maximum absolute atomic E-state index is 8.64. The monoisotopic (exact) mass is 558 g/mol. The summed E-state index contributed by atoms with van der Waals surface area (Å²) < 4.78 is 43.9. The first-order valence-electron chi connectivity index (χ1n) is 16.4. The van der Waals surface area contributed by atoms with Crippen molar-refractivity contribution in [3.05, 3.63) is 164 Å². The number of rotatable bonds is 5. The number of hydrogen-bond acceptors (Lipinski definition) is 2. The first-order valence-corrected chi connectivity index (χ1v) is 14.7. The highest BCUT2D eigenvalue weighted by molar-refractivity contribution is 7.26. The summed E-state index contributed by atoms with van der Waals surface area (Å²) >= 11 is 1.64. The van der Waals surface area contributed by atoms with Crippen LogP contribution in [-0.2, 0) is 0 Å². The van der Waals surface area contributed by atoms with Crippen LogP contribution in [0.15, 0.2) is 164 Å². The second-order valence-corrected chi connectivity index (χ2v) is 11.3. The maximum Gasteiger partial charge on any atom is 0.0629 e. The van der Waals surface area contributed by atoms with Crippen LogP contribution in [0, 0.1) is 0 Å². The Bertz CT molecular complexity index is 2450. The highest BCUT2D eigenvalue weighted by Crippen LogP contribution is 2.44. The molecule has 0 saturated heterocycles. The SMILES string of the molecule is [2H]c1c([2H])c([2H])c(-c2cccc3sc4cc(N(c5ccccc5)c5cccc6cc(-c7ccccc7)ccc56)ccc4c23)c([2H])c1[2H]. The normalized spacial score (nSPS) is 13.0. The van der Waals surface area contributed by atoms with Crippen molar-refractivity contribution in [3.63, 3.8) is 0 Å². The van der Waals surface area contributed by atoms with E-state index in [1.807, 2.05) is 42.5 Å². The lowest BCUT2D eigenvalue weighted by Gasteiger charge is -2.27. The molecule has 0 aliphatic rings. The topological polar surface area (TPSA) is 3.24 Å². The van der Waals surface area contributed by atoms with Gasteiger partial charge in [-0.2, -0.15) is 0 Å². The molecule has 8 aromatic rings. The van der Waals surface area contributed by atoms with Crippen LogP contribution in [0.4, 0.5) is 17.1 Å². The zero-order valence-corrected chi connectivity index (χ0v) is 23.4. The van der Waals surface area contributed by atoms with E-state index < -0.39 is 0 Å². The summed E-state index contributed by atoms with van der Waals surface area (Å²) in [6.07, 6.45) is 0. The molecule has 7 aromatic carbocycles. The molecule has 0 atom stereocenters. The van der Waals surface area contributed by atoms with Gasteiger partial charge in [0.15, 0.2) is 0 Å². The number of para-hydroxylation sites is 1. The van der Waals surface area contributed by atoms with E-state index in [4.69, 9.17) is 6.85 Å². The summed E-state index contributed by atoms with van der Waals surface area (Å²) in [5.41, 5.74) is 6.31. The van der Waals surface area contributed by atoms with Gasteiger partial charge in [-0.1, -0.05) is 121 Å². The van der Waals surface area contributed by atoms with Crippen LogP contribution in [0.25, 0.3) is 53.2 Å². The van der Waals surface area contributed by atoms with Crippen LogP contribution in [0.5, 0.6) is 0 Å². The standard InChI is InChI=1S/C40H27NS/c1-4-12-28(13-5-1)30-22-24-34-31(26-30)16-10-20-37(34)41(32-17-8-3-9-18-32)33-23-25-36-39(27-33)42-38-21-11-19-35(40(36)38)29-14-6-2-7-15-29/h1-27H/i2D,6D,7D,14D,15D. The first-order chi connectivity index (χ1) is 22.9. The summed E-state index contributed by atoms with van der Waals surface area (Å²) in [4.78, 5) is 2.28. The third kappa shape index (κ3) is 4.25. The molecule has 8 rings (SSSR count). The van der Waals surface area contributed by atoms with Crippen LogP contribution in [0.3, 0.4) is 0 Å². The minimum Gasteiger partial charge on any atom is -0.310 e. The lowest BCUT2D eigenvalue weighted by Crippen LogP contribution is -2.10. The molecule has 0 N–H and O–H groups in total. The molecule has 2 heteroatoms. The van der Waals surface area contributed by atoms with Crippen molar-refractivity contribution in [1.29, 1.82) is 0 Å². The van der Waals surface area contributed by atoms with Crippen molar-refractivity contribution < 1.29 is 6.85 Å². The zero-order valence-electron chi connectivity index (χ0n) is 27.6. The second-order valence-electron chi connectivity index (χ2n) is 10.2. The Morgan fingerprint density at radius 2 is 1.26 bits per heavy atom. The predicted octanol–water partition coefficient (Wildman–Crippen LogP) is 12.0. The van der Waals surface area contributed by atoms with Gasteiger partial charge in [0.2, 0.25) is 0 Å². The number of benzene rings is 7. The highest BCUT2D eigenvalue weighted by atomic mass is 32.1. The third-order valence-corrected chi connectivity index (χ3v) is 8.85. The number of anilines is 3. The molecule has 0 fully saturated rings. The summed E-state index contributed by atoms with van der Waals surface area (Å²) in [5.74, 6) is 0. The first kappa shape index (κ1) is 19.8. The Kier molecular flexibility index (Phi) is 4.88. The molecule has 0 aliphatic carbocycles. The number of nitrogens with zero attached hydrogens (tertiary/aromatic N) is 1. The fraction of sp³-hybridized carbons (Fsp3) is 0. The van der Waals surface area contributed by atoms with Gasteiger partial charge in [-0.25, -0.2) is 0 Å². The van der Waals surface area contributed by atoms with Gasteiger partial charge in [0.05, 0.1) is 12.5 Å². The van der Waals surface area contributed by atoms with E-state index in [-0.39, 0.29) is 35.8 Å². The minimum absolute atomic E-state index is 0.193. The zero-order chi connectivity index (χ0) is 32.2. The van der Waals surface area contributed by atoms with Crippen molar-refractivity contribution in [1.82, 2.24) is 0 Å². The van der Waals surface area contributed by atoms with Crippen molar-refractivity contribution >= 4 is 59.3 Å². The van der Waals surface area contributed by atoms with Gasteiger partial charge in [-0.15, -0.1) is 11.3 Å². The van der Waals surface area contributed by atoms with E-state index in [1.165, 1.54) is 11.1 Å². The quantitative estimate of drug-likeness (QED) is 0.203. The molecule has 42 heavy (non-hydrogen) atoms. The van der Waals surface area contributed by atoms with Gasteiger partial charge in [-0.05, 0) is 70.1 Å². The lowest BCUT2D eigenvalue weighted by molar-refractivity contribution is 1.30. The Balaban J connectivity index is 1.32. The molecular formula is C40H27NS. The number of fused-ring (bicyclic) bond motifs is 4. The van der Waals surface area contributed by atoms with Gasteiger partial charge in [0, 0.05) is 36.9 Å². The maximum atomic E-state index is 8.64. The highest BCUT2D eigenvalue weighted by Gasteiger charge is 2.18. The van der Waals surface area contributed by atoms with Gasteiger partial charge < -0.3 is 4.90 Å². The fourth-order valence-corrected chi connectivity index (χ4v) is 6.99. The number of thiophene rings is 1. The molecule has 0 amide bonds. The molecule has 0 saturated carbocycles. The Morgan fingerprint density at radius 1 is 0.500 bits per heavy atom. The largest absolute Gasteiger partial charge is 0.310 e. The molecule has 0 spiro atoms. The van der Waals surface area contributed by atoms with E-state index in [9.17, 15) is 0 Å². The van der Waals surface area contributed by atoms with Gasteiger partial charge in [0.1, 0.15) is 0 Å². The molecule has 0 radical (unpaired) electrons. The Labute approximate surface area is 256 Å². The van der Waals surface area contributed by atoms with Crippen LogP contribution in [0.1, 0.15) is 6.85 Å². The number of hydrogen-bond donors (Lipinski definition) is 0. The van der Waals surface area contributed by atoms with Crippen molar-refractivity contribution in [2.24, 2.45) is 0 Å². The van der Waals surface area contributed by atoms with Crippen LogP contribution in [-0.4, -0.2) is 0 Å². The van der Waals surface area contributed by atoms with Crippen LogP contribution in [0.2, 0.25) is 0 Å². The molecular weight excluding hydrogens is 527 g/mol.